The molecule has 1 aromatic heterocycles. The van der Waals surface area contributed by atoms with Crippen molar-refractivity contribution >= 4 is 5.82 Å². The maximum Gasteiger partial charge on any atom is 0.141 e. The van der Waals surface area contributed by atoms with Crippen LogP contribution in [0.4, 0.5) is 10.2 Å². The summed E-state index contributed by atoms with van der Waals surface area (Å²) in [7, 11) is 2.16. The highest BCUT2D eigenvalue weighted by Gasteiger charge is 2.28. The monoisotopic (exact) mass is 237 g/mol. The molecule has 2 rings (SSSR count). The largest absolute Gasteiger partial charge is 0.370 e. The second-order valence-corrected chi connectivity index (χ2v) is 5.33. The molecular formula is C13H20FN3. The summed E-state index contributed by atoms with van der Waals surface area (Å²) in [4.78, 5) is 6.37. The number of nitrogens with zero attached hydrogens (tertiary/aromatic N) is 2. The van der Waals surface area contributed by atoms with Gasteiger partial charge < -0.3 is 10.2 Å². The normalized spacial score (nSPS) is 20.2. The number of likely N-dealkylation sites (tertiary alicyclic amines) is 1. The summed E-state index contributed by atoms with van der Waals surface area (Å²) < 4.78 is 12.7. The van der Waals surface area contributed by atoms with E-state index >= 15 is 0 Å². The fourth-order valence-electron chi connectivity index (χ4n) is 2.12. The van der Waals surface area contributed by atoms with Crippen molar-refractivity contribution in [2.24, 2.45) is 5.41 Å². The Hall–Kier alpha value is -1.16. The average Bonchev–Trinajstić information content (AvgIpc) is 2.33. The van der Waals surface area contributed by atoms with E-state index in [2.05, 4.69) is 29.2 Å². The van der Waals surface area contributed by atoms with Crippen LogP contribution in [0.3, 0.4) is 0 Å². The minimum absolute atomic E-state index is 0.291. The van der Waals surface area contributed by atoms with Gasteiger partial charge in [-0.25, -0.2) is 9.37 Å². The predicted octanol–water partition coefficient (Wildman–Crippen LogP) is 2.36. The summed E-state index contributed by atoms with van der Waals surface area (Å²) >= 11 is 0. The summed E-state index contributed by atoms with van der Waals surface area (Å²) in [5.74, 6) is 0.465. The lowest BCUT2D eigenvalue weighted by atomic mass is 9.80. The number of pyridine rings is 1. The second-order valence-electron chi connectivity index (χ2n) is 5.33. The van der Waals surface area contributed by atoms with Crippen LogP contribution >= 0.6 is 0 Å². The third-order valence-electron chi connectivity index (χ3n) is 3.62. The lowest BCUT2D eigenvalue weighted by Crippen LogP contribution is -2.40. The highest BCUT2D eigenvalue weighted by Crippen LogP contribution is 2.30. The van der Waals surface area contributed by atoms with Crippen LogP contribution in [0, 0.1) is 11.2 Å². The van der Waals surface area contributed by atoms with Crippen LogP contribution in [0.2, 0.25) is 0 Å². The van der Waals surface area contributed by atoms with Crippen LogP contribution in [0.5, 0.6) is 0 Å². The van der Waals surface area contributed by atoms with Gasteiger partial charge in [0.1, 0.15) is 11.6 Å². The fourth-order valence-corrected chi connectivity index (χ4v) is 2.12. The zero-order valence-electron chi connectivity index (χ0n) is 10.5. The van der Waals surface area contributed by atoms with Gasteiger partial charge >= 0.3 is 0 Å². The first-order valence-corrected chi connectivity index (χ1v) is 6.11. The molecule has 4 heteroatoms. The fraction of sp³-hybridized carbons (Fsp3) is 0.615. The molecule has 0 atom stereocenters. The predicted molar refractivity (Wildman–Crippen MR) is 67.5 cm³/mol. The van der Waals surface area contributed by atoms with E-state index in [1.807, 2.05) is 0 Å². The number of hydrogen-bond acceptors (Lipinski definition) is 3. The van der Waals surface area contributed by atoms with E-state index in [1.165, 1.54) is 25.1 Å². The Balaban J connectivity index is 1.87. The lowest BCUT2D eigenvalue weighted by molar-refractivity contribution is 0.150. The molecule has 1 saturated heterocycles. The number of piperidine rings is 1. The molecular weight excluding hydrogens is 217 g/mol. The molecule has 1 aliphatic heterocycles. The SMILES string of the molecule is CN1CCC(C)(CNc2ccc(F)cn2)CC1. The Bertz CT molecular complexity index is 355. The minimum Gasteiger partial charge on any atom is -0.370 e. The number of aromatic nitrogens is 1. The first-order chi connectivity index (χ1) is 8.07. The van der Waals surface area contributed by atoms with Crippen LogP contribution in [0.1, 0.15) is 19.8 Å². The van der Waals surface area contributed by atoms with Crippen LogP contribution < -0.4 is 5.32 Å². The molecule has 1 fully saturated rings. The Morgan fingerprint density at radius 1 is 1.41 bits per heavy atom. The topological polar surface area (TPSA) is 28.2 Å². The van der Waals surface area contributed by atoms with Gasteiger partial charge in [-0.15, -0.1) is 0 Å². The average molecular weight is 237 g/mol. The van der Waals surface area contributed by atoms with Crippen LogP contribution in [0.25, 0.3) is 0 Å². The van der Waals surface area contributed by atoms with Gasteiger partial charge in [-0.2, -0.15) is 0 Å². The van der Waals surface area contributed by atoms with Gasteiger partial charge in [-0.3, -0.25) is 0 Å². The zero-order valence-corrected chi connectivity index (χ0v) is 10.5. The third kappa shape index (κ3) is 3.40. The Morgan fingerprint density at radius 2 is 2.12 bits per heavy atom. The molecule has 0 unspecified atom stereocenters. The van der Waals surface area contributed by atoms with Gasteiger partial charge in [-0.05, 0) is 50.5 Å². The van der Waals surface area contributed by atoms with Crippen molar-refractivity contribution < 1.29 is 4.39 Å². The highest BCUT2D eigenvalue weighted by molar-refractivity contribution is 5.33. The van der Waals surface area contributed by atoms with Gasteiger partial charge in [0, 0.05) is 6.54 Å². The second kappa shape index (κ2) is 5.00. The molecule has 1 aliphatic rings. The molecule has 1 N–H and O–H groups in total. The van der Waals surface area contributed by atoms with Gasteiger partial charge in [0.05, 0.1) is 6.20 Å². The molecule has 0 saturated carbocycles. The molecule has 0 spiro atoms. The zero-order chi connectivity index (χ0) is 12.3. The van der Waals surface area contributed by atoms with Crippen molar-refractivity contribution in [1.29, 1.82) is 0 Å². The molecule has 0 radical (unpaired) electrons. The number of anilines is 1. The van der Waals surface area contributed by atoms with Gasteiger partial charge in [0.25, 0.3) is 0 Å². The minimum atomic E-state index is -0.291. The molecule has 0 amide bonds. The molecule has 94 valence electrons. The quantitative estimate of drug-likeness (QED) is 0.874. The van der Waals surface area contributed by atoms with Crippen LogP contribution in [0.15, 0.2) is 18.3 Å². The van der Waals surface area contributed by atoms with Crippen molar-refractivity contribution in [3.8, 4) is 0 Å². The number of rotatable bonds is 3. The molecule has 17 heavy (non-hydrogen) atoms. The highest BCUT2D eigenvalue weighted by atomic mass is 19.1. The summed E-state index contributed by atoms with van der Waals surface area (Å²) in [5, 5.41) is 3.30. The Labute approximate surface area is 102 Å². The summed E-state index contributed by atoms with van der Waals surface area (Å²) in [6.07, 6.45) is 3.63. The van der Waals surface area contributed by atoms with E-state index in [1.54, 1.807) is 6.07 Å². The third-order valence-corrected chi connectivity index (χ3v) is 3.62. The molecule has 2 heterocycles. The molecule has 1 aromatic rings. The van der Waals surface area contributed by atoms with Gasteiger partial charge in [0.15, 0.2) is 0 Å². The standard InChI is InChI=1S/C13H20FN3/c1-13(5-7-17(2)8-6-13)10-16-12-4-3-11(14)9-15-12/h3-4,9H,5-8,10H2,1-2H3,(H,15,16). The van der Waals surface area contributed by atoms with Crippen molar-refractivity contribution in [3.05, 3.63) is 24.1 Å². The van der Waals surface area contributed by atoms with E-state index in [-0.39, 0.29) is 5.82 Å². The summed E-state index contributed by atoms with van der Waals surface area (Å²) in [5.41, 5.74) is 0.322. The molecule has 0 aliphatic carbocycles. The van der Waals surface area contributed by atoms with Crippen molar-refractivity contribution in [3.63, 3.8) is 0 Å². The summed E-state index contributed by atoms with van der Waals surface area (Å²) in [6.45, 7) is 5.50. The lowest BCUT2D eigenvalue weighted by Gasteiger charge is -2.38. The Kier molecular flexibility index (Phi) is 3.62. The maximum absolute atomic E-state index is 12.7. The number of hydrogen-bond donors (Lipinski definition) is 1. The van der Waals surface area contributed by atoms with Crippen molar-refractivity contribution in [2.75, 3.05) is 32.0 Å². The van der Waals surface area contributed by atoms with Gasteiger partial charge in [-0.1, -0.05) is 6.92 Å². The Morgan fingerprint density at radius 3 is 2.71 bits per heavy atom. The van der Waals surface area contributed by atoms with Gasteiger partial charge in [0.2, 0.25) is 0 Å². The first kappa shape index (κ1) is 12.3. The van der Waals surface area contributed by atoms with Crippen molar-refractivity contribution in [2.45, 2.75) is 19.8 Å². The van der Waals surface area contributed by atoms with E-state index in [0.29, 0.717) is 5.41 Å². The van der Waals surface area contributed by atoms with Crippen LogP contribution in [-0.4, -0.2) is 36.6 Å². The summed E-state index contributed by atoms with van der Waals surface area (Å²) in [6, 6.07) is 3.12. The maximum atomic E-state index is 12.7. The van der Waals surface area contributed by atoms with Crippen molar-refractivity contribution in [1.82, 2.24) is 9.88 Å². The smallest absolute Gasteiger partial charge is 0.141 e. The van der Waals surface area contributed by atoms with E-state index < -0.39 is 0 Å². The number of nitrogens with one attached hydrogen (secondary N) is 1. The van der Waals surface area contributed by atoms with Crippen LogP contribution in [-0.2, 0) is 0 Å². The molecule has 0 bridgehead atoms. The first-order valence-electron chi connectivity index (χ1n) is 6.11. The number of halogens is 1. The van der Waals surface area contributed by atoms with E-state index in [9.17, 15) is 4.39 Å². The molecule has 3 nitrogen and oxygen atoms in total. The van der Waals surface area contributed by atoms with E-state index in [0.717, 1.165) is 25.5 Å². The molecule has 0 aromatic carbocycles. The van der Waals surface area contributed by atoms with E-state index in [4.69, 9.17) is 0 Å².